The first kappa shape index (κ1) is 19.8. The molecular weight excluding hydrogens is 344 g/mol. The first-order chi connectivity index (χ1) is 13.8. The Bertz CT molecular complexity index is 909. The van der Waals surface area contributed by atoms with Crippen LogP contribution in [0.1, 0.15) is 43.9 Å². The number of ether oxygens (including phenoxy) is 2. The summed E-state index contributed by atoms with van der Waals surface area (Å²) < 4.78 is 11.4. The van der Waals surface area contributed by atoms with Crippen molar-refractivity contribution in [2.75, 3.05) is 13.2 Å². The average molecular weight is 373 g/mol. The van der Waals surface area contributed by atoms with E-state index in [4.69, 9.17) is 9.47 Å². The molecule has 0 fully saturated rings. The Balaban J connectivity index is 2.17. The fourth-order valence-electron chi connectivity index (χ4n) is 3.47. The molecule has 0 radical (unpaired) electrons. The van der Waals surface area contributed by atoms with Crippen molar-refractivity contribution < 1.29 is 9.47 Å². The highest BCUT2D eigenvalue weighted by atomic mass is 16.5. The van der Waals surface area contributed by atoms with Crippen molar-refractivity contribution in [2.45, 2.75) is 27.2 Å². The van der Waals surface area contributed by atoms with Gasteiger partial charge in [0.15, 0.2) is 0 Å². The van der Waals surface area contributed by atoms with E-state index in [2.05, 4.69) is 67.6 Å². The van der Waals surface area contributed by atoms with Gasteiger partial charge >= 0.3 is 0 Å². The quantitative estimate of drug-likeness (QED) is 0.402. The molecule has 0 aliphatic rings. The van der Waals surface area contributed by atoms with Crippen LogP contribution in [-0.2, 0) is 0 Å². The second-order valence-electron chi connectivity index (χ2n) is 6.49. The van der Waals surface area contributed by atoms with Crippen LogP contribution in [0.15, 0.2) is 78.9 Å². The predicted octanol–water partition coefficient (Wildman–Crippen LogP) is 6.85. The summed E-state index contributed by atoms with van der Waals surface area (Å²) in [4.78, 5) is 0. The molecule has 144 valence electrons. The van der Waals surface area contributed by atoms with Gasteiger partial charge in [0.05, 0.1) is 13.2 Å². The molecule has 0 spiro atoms. The first-order valence-corrected chi connectivity index (χ1v) is 10.0. The lowest BCUT2D eigenvalue weighted by atomic mass is 9.88. The first-order valence-electron chi connectivity index (χ1n) is 10.0. The number of hydrogen-bond acceptors (Lipinski definition) is 2. The fourth-order valence-corrected chi connectivity index (χ4v) is 3.47. The van der Waals surface area contributed by atoms with E-state index < -0.39 is 0 Å². The number of allylic oxidation sites excluding steroid dienone is 1. The molecule has 0 amide bonds. The molecule has 28 heavy (non-hydrogen) atoms. The Morgan fingerprint density at radius 3 is 1.86 bits per heavy atom. The zero-order chi connectivity index (χ0) is 19.8. The summed E-state index contributed by atoms with van der Waals surface area (Å²) in [5.41, 5.74) is 6.15. The smallest absolute Gasteiger partial charge is 0.119 e. The van der Waals surface area contributed by atoms with Crippen molar-refractivity contribution in [1.82, 2.24) is 0 Å². The van der Waals surface area contributed by atoms with Crippen molar-refractivity contribution in [3.8, 4) is 11.5 Å². The maximum Gasteiger partial charge on any atom is 0.119 e. The van der Waals surface area contributed by atoms with Crippen LogP contribution in [0.5, 0.6) is 11.5 Å². The lowest BCUT2D eigenvalue weighted by molar-refractivity contribution is 0.340. The number of benzene rings is 3. The molecule has 0 heterocycles. The molecular formula is C26H28O2. The molecule has 2 nitrogen and oxygen atoms in total. The van der Waals surface area contributed by atoms with Gasteiger partial charge in [-0.25, -0.2) is 0 Å². The summed E-state index contributed by atoms with van der Waals surface area (Å²) in [5, 5.41) is 0. The van der Waals surface area contributed by atoms with Crippen LogP contribution < -0.4 is 9.47 Å². The molecule has 0 unspecified atom stereocenters. The van der Waals surface area contributed by atoms with Crippen LogP contribution >= 0.6 is 0 Å². The van der Waals surface area contributed by atoms with E-state index in [1.54, 1.807) is 0 Å². The number of rotatable bonds is 8. The summed E-state index contributed by atoms with van der Waals surface area (Å²) in [7, 11) is 0. The molecule has 0 bridgehead atoms. The Hall–Kier alpha value is -3.00. The van der Waals surface area contributed by atoms with Crippen molar-refractivity contribution in [3.05, 3.63) is 95.6 Å². The maximum atomic E-state index is 5.74. The van der Waals surface area contributed by atoms with E-state index in [1.165, 1.54) is 27.8 Å². The topological polar surface area (TPSA) is 18.5 Å². The van der Waals surface area contributed by atoms with Gasteiger partial charge in [0.2, 0.25) is 0 Å². The van der Waals surface area contributed by atoms with E-state index in [0.717, 1.165) is 17.9 Å². The molecule has 0 saturated heterocycles. The minimum absolute atomic E-state index is 0.666. The third-order valence-corrected chi connectivity index (χ3v) is 4.67. The maximum absolute atomic E-state index is 5.74. The summed E-state index contributed by atoms with van der Waals surface area (Å²) >= 11 is 0. The third-order valence-electron chi connectivity index (χ3n) is 4.67. The van der Waals surface area contributed by atoms with Gasteiger partial charge in [-0.2, -0.15) is 0 Å². The molecule has 3 aromatic carbocycles. The van der Waals surface area contributed by atoms with Crippen LogP contribution in [0.4, 0.5) is 0 Å². The minimum Gasteiger partial charge on any atom is -0.494 e. The molecule has 0 aromatic heterocycles. The molecule has 3 aromatic rings. The summed E-state index contributed by atoms with van der Waals surface area (Å²) in [6.07, 6.45) is 0.924. The van der Waals surface area contributed by atoms with E-state index in [1.807, 2.05) is 32.0 Å². The van der Waals surface area contributed by atoms with Gasteiger partial charge in [-0.3, -0.25) is 0 Å². The van der Waals surface area contributed by atoms with Gasteiger partial charge in [-0.1, -0.05) is 61.5 Å². The minimum atomic E-state index is 0.666. The zero-order valence-corrected chi connectivity index (χ0v) is 16.9. The van der Waals surface area contributed by atoms with Crippen LogP contribution in [-0.4, -0.2) is 13.2 Å². The van der Waals surface area contributed by atoms with Crippen LogP contribution in [0.3, 0.4) is 0 Å². The van der Waals surface area contributed by atoms with Crippen molar-refractivity contribution >= 4 is 11.1 Å². The molecule has 0 aliphatic carbocycles. The fraction of sp³-hybridized carbons (Fsp3) is 0.231. The SMILES string of the molecule is CCOc1ccc(/C(=C(\CC)c2cccc(OCC)c2)c2ccccc2)cc1. The highest BCUT2D eigenvalue weighted by Crippen LogP contribution is 2.35. The second-order valence-corrected chi connectivity index (χ2v) is 6.49. The van der Waals surface area contributed by atoms with Gasteiger partial charge in [-0.15, -0.1) is 0 Å². The van der Waals surface area contributed by atoms with Crippen molar-refractivity contribution in [3.63, 3.8) is 0 Å². The Labute approximate surface area is 168 Å². The van der Waals surface area contributed by atoms with E-state index >= 15 is 0 Å². The van der Waals surface area contributed by atoms with Crippen molar-refractivity contribution in [1.29, 1.82) is 0 Å². The predicted molar refractivity (Wildman–Crippen MR) is 118 cm³/mol. The van der Waals surface area contributed by atoms with E-state index in [9.17, 15) is 0 Å². The third kappa shape index (κ3) is 4.64. The average Bonchev–Trinajstić information content (AvgIpc) is 2.74. The van der Waals surface area contributed by atoms with Crippen molar-refractivity contribution in [2.24, 2.45) is 0 Å². The molecule has 3 rings (SSSR count). The molecule has 0 saturated carbocycles. The second kappa shape index (κ2) is 9.80. The van der Waals surface area contributed by atoms with Gasteiger partial charge < -0.3 is 9.47 Å². The Kier molecular flexibility index (Phi) is 6.91. The number of hydrogen-bond donors (Lipinski definition) is 0. The van der Waals surface area contributed by atoms with Gasteiger partial charge in [0.25, 0.3) is 0 Å². The van der Waals surface area contributed by atoms with Gasteiger partial charge in [0, 0.05) is 0 Å². The largest absolute Gasteiger partial charge is 0.494 e. The van der Waals surface area contributed by atoms with Gasteiger partial charge in [-0.05, 0) is 72.4 Å². The highest BCUT2D eigenvalue weighted by molar-refractivity contribution is 5.98. The summed E-state index contributed by atoms with van der Waals surface area (Å²) in [6.45, 7) is 7.56. The lowest BCUT2D eigenvalue weighted by Crippen LogP contribution is -1.97. The van der Waals surface area contributed by atoms with Crippen LogP contribution in [0, 0.1) is 0 Å². The summed E-state index contributed by atoms with van der Waals surface area (Å²) in [6, 6.07) is 27.4. The van der Waals surface area contributed by atoms with Crippen LogP contribution in [0.25, 0.3) is 11.1 Å². The zero-order valence-electron chi connectivity index (χ0n) is 16.9. The Morgan fingerprint density at radius 1 is 0.607 bits per heavy atom. The Morgan fingerprint density at radius 2 is 1.21 bits per heavy atom. The normalized spacial score (nSPS) is 11.7. The highest BCUT2D eigenvalue weighted by Gasteiger charge is 2.13. The van der Waals surface area contributed by atoms with Gasteiger partial charge in [0.1, 0.15) is 11.5 Å². The molecule has 0 atom stereocenters. The standard InChI is InChI=1S/C26H28O2/c1-4-25(22-13-10-14-24(19-22)28-6-3)26(20-11-8-7-9-12-20)21-15-17-23(18-16-21)27-5-2/h7-19H,4-6H2,1-3H3/b26-25+. The van der Waals surface area contributed by atoms with Crippen LogP contribution in [0.2, 0.25) is 0 Å². The molecule has 0 N–H and O–H groups in total. The molecule has 0 aliphatic heterocycles. The molecule has 2 heteroatoms. The van der Waals surface area contributed by atoms with E-state index in [-0.39, 0.29) is 0 Å². The monoisotopic (exact) mass is 372 g/mol. The summed E-state index contributed by atoms with van der Waals surface area (Å²) in [5.74, 6) is 1.81. The lowest BCUT2D eigenvalue weighted by Gasteiger charge is -2.17. The van der Waals surface area contributed by atoms with E-state index in [0.29, 0.717) is 13.2 Å².